The quantitative estimate of drug-likeness (QED) is 0.319. The number of ether oxygens (including phenoxy) is 4. The van der Waals surface area contributed by atoms with Crippen molar-refractivity contribution in [3.8, 4) is 0 Å². The lowest BCUT2D eigenvalue weighted by Crippen LogP contribution is -2.60. The van der Waals surface area contributed by atoms with E-state index in [4.69, 9.17) is 34.3 Å². The van der Waals surface area contributed by atoms with Crippen LogP contribution in [0.25, 0.3) is 0 Å². The Bertz CT molecular complexity index is 554. The Morgan fingerprint density at radius 3 is 1.27 bits per heavy atom. The summed E-state index contributed by atoms with van der Waals surface area (Å²) in [6, 6.07) is 0. The number of rotatable bonds is 13. The van der Waals surface area contributed by atoms with Gasteiger partial charge in [-0.25, -0.2) is 19.2 Å². The number of carbonyl (C=O) groups excluding carboxylic acids is 1. The van der Waals surface area contributed by atoms with E-state index in [1.807, 2.05) is 0 Å². The van der Waals surface area contributed by atoms with Gasteiger partial charge in [-0.15, -0.1) is 0 Å². The molecular weight excluding hydrogens is 406 g/mol. The van der Waals surface area contributed by atoms with Crippen molar-refractivity contribution in [2.75, 3.05) is 19.8 Å². The second-order valence-electron chi connectivity index (χ2n) is 7.78. The Hall–Kier alpha value is -2.44. The third-order valence-electron chi connectivity index (χ3n) is 3.64. The summed E-state index contributed by atoms with van der Waals surface area (Å²) in [5.41, 5.74) is -2.52. The van der Waals surface area contributed by atoms with Crippen molar-refractivity contribution in [3.63, 3.8) is 0 Å². The lowest BCUT2D eigenvalue weighted by atomic mass is 10.0. The van der Waals surface area contributed by atoms with Crippen LogP contribution in [0.1, 0.15) is 41.5 Å². The minimum absolute atomic E-state index is 0.488. The van der Waals surface area contributed by atoms with Crippen LogP contribution in [0.3, 0.4) is 0 Å². The molecule has 0 aliphatic heterocycles. The highest BCUT2D eigenvalue weighted by molar-refractivity contribution is 5.72. The van der Waals surface area contributed by atoms with Gasteiger partial charge < -0.3 is 39.6 Å². The van der Waals surface area contributed by atoms with E-state index in [1.165, 1.54) is 20.8 Å². The van der Waals surface area contributed by atoms with E-state index in [9.17, 15) is 19.2 Å². The predicted molar refractivity (Wildman–Crippen MR) is 101 cm³/mol. The number of carbonyl (C=O) groups is 4. The zero-order valence-electron chi connectivity index (χ0n) is 18.0. The molecule has 4 N–H and O–H groups in total. The molecule has 12 heteroatoms. The van der Waals surface area contributed by atoms with Crippen molar-refractivity contribution in [2.24, 2.45) is 0 Å². The maximum Gasteiger partial charge on any atom is 0.408 e. The third-order valence-corrected chi connectivity index (χ3v) is 3.64. The molecule has 0 heterocycles. The lowest BCUT2D eigenvalue weighted by molar-refractivity contribution is -0.159. The third kappa shape index (κ3) is 10.9. The topological polar surface area (TPSA) is 178 Å². The molecular formula is C18H31NO11. The van der Waals surface area contributed by atoms with E-state index in [0.29, 0.717) is 0 Å². The van der Waals surface area contributed by atoms with Gasteiger partial charge in [-0.2, -0.15) is 0 Å². The van der Waals surface area contributed by atoms with Crippen LogP contribution < -0.4 is 5.32 Å². The van der Waals surface area contributed by atoms with Gasteiger partial charge in [-0.05, 0) is 41.5 Å². The first-order chi connectivity index (χ1) is 13.6. The predicted octanol–water partition coefficient (Wildman–Crippen LogP) is 0.719. The molecule has 0 aromatic heterocycles. The standard InChI is InChI=1S/C18H31NO11/c1-10(13(20)21)27-7-18(8-28-11(2)14(22)23,9-29-12(3)15(24)25)19-16(26)30-17(4,5)6/h10-12H,7-9H2,1-6H3,(H,19,26)(H,20,21)(H,22,23)(H,24,25). The second-order valence-corrected chi connectivity index (χ2v) is 7.78. The summed E-state index contributed by atoms with van der Waals surface area (Å²) in [6.45, 7) is 7.14. The molecule has 0 saturated carbocycles. The summed E-state index contributed by atoms with van der Waals surface area (Å²) in [7, 11) is 0. The number of nitrogens with one attached hydrogen (secondary N) is 1. The Morgan fingerprint density at radius 2 is 1.03 bits per heavy atom. The lowest BCUT2D eigenvalue weighted by Gasteiger charge is -2.36. The monoisotopic (exact) mass is 437 g/mol. The van der Waals surface area contributed by atoms with E-state index in [-0.39, 0.29) is 0 Å². The summed E-state index contributed by atoms with van der Waals surface area (Å²) in [5, 5.41) is 29.6. The molecule has 0 fully saturated rings. The SMILES string of the molecule is CC(OCC(COC(C)C(=O)O)(COC(C)C(=O)O)NC(=O)OC(C)(C)C)C(=O)O. The number of amides is 1. The molecule has 30 heavy (non-hydrogen) atoms. The van der Waals surface area contributed by atoms with Crippen molar-refractivity contribution in [2.45, 2.75) is 71.0 Å². The Balaban J connectivity index is 5.74. The average Bonchev–Trinajstić information content (AvgIpc) is 2.59. The first-order valence-electron chi connectivity index (χ1n) is 9.13. The summed E-state index contributed by atoms with van der Waals surface area (Å²) in [5.74, 6) is -3.83. The van der Waals surface area contributed by atoms with Gasteiger partial charge in [0.25, 0.3) is 0 Å². The first kappa shape index (κ1) is 27.6. The summed E-state index contributed by atoms with van der Waals surface area (Å²) in [4.78, 5) is 45.6. The first-order valence-corrected chi connectivity index (χ1v) is 9.13. The van der Waals surface area contributed by atoms with Crippen LogP contribution in [-0.4, -0.2) is 88.6 Å². The van der Waals surface area contributed by atoms with Gasteiger partial charge in [0.2, 0.25) is 0 Å². The van der Waals surface area contributed by atoms with Crippen molar-refractivity contribution in [1.82, 2.24) is 5.32 Å². The molecule has 0 aromatic carbocycles. The molecule has 12 nitrogen and oxygen atoms in total. The van der Waals surface area contributed by atoms with Crippen molar-refractivity contribution >= 4 is 24.0 Å². The minimum atomic E-state index is -1.64. The molecule has 174 valence electrons. The molecule has 0 aromatic rings. The van der Waals surface area contributed by atoms with Crippen LogP contribution in [0.5, 0.6) is 0 Å². The van der Waals surface area contributed by atoms with Gasteiger partial charge in [0.1, 0.15) is 11.1 Å². The molecule has 0 bridgehead atoms. The van der Waals surface area contributed by atoms with Crippen molar-refractivity contribution in [1.29, 1.82) is 0 Å². The Morgan fingerprint density at radius 1 is 0.733 bits per heavy atom. The van der Waals surface area contributed by atoms with Crippen LogP contribution in [0, 0.1) is 0 Å². The molecule has 0 aliphatic rings. The molecule has 0 spiro atoms. The highest BCUT2D eigenvalue weighted by atomic mass is 16.6. The molecule has 0 rings (SSSR count). The largest absolute Gasteiger partial charge is 0.479 e. The molecule has 1 amide bonds. The summed E-state index contributed by atoms with van der Waals surface area (Å²) >= 11 is 0. The highest BCUT2D eigenvalue weighted by Gasteiger charge is 2.38. The normalized spacial score (nSPS) is 16.6. The van der Waals surface area contributed by atoms with E-state index in [1.54, 1.807) is 20.8 Å². The fourth-order valence-electron chi connectivity index (χ4n) is 1.82. The fourth-order valence-corrected chi connectivity index (χ4v) is 1.82. The number of aliphatic carboxylic acids is 3. The van der Waals surface area contributed by atoms with Crippen LogP contribution in [-0.2, 0) is 33.3 Å². The van der Waals surface area contributed by atoms with Gasteiger partial charge in [-0.3, -0.25) is 0 Å². The van der Waals surface area contributed by atoms with Gasteiger partial charge in [0, 0.05) is 0 Å². The van der Waals surface area contributed by atoms with E-state index in [0.717, 1.165) is 0 Å². The summed E-state index contributed by atoms with van der Waals surface area (Å²) < 4.78 is 21.0. The summed E-state index contributed by atoms with van der Waals surface area (Å²) in [6.07, 6.45) is -4.77. The zero-order valence-corrected chi connectivity index (χ0v) is 18.0. The zero-order chi connectivity index (χ0) is 23.7. The maximum absolute atomic E-state index is 12.4. The van der Waals surface area contributed by atoms with Crippen LogP contribution >= 0.6 is 0 Å². The van der Waals surface area contributed by atoms with Crippen LogP contribution in [0.4, 0.5) is 4.79 Å². The smallest absolute Gasteiger partial charge is 0.408 e. The molecule has 0 aliphatic carbocycles. The Labute approximate surface area is 174 Å². The molecule has 0 radical (unpaired) electrons. The van der Waals surface area contributed by atoms with Crippen LogP contribution in [0.15, 0.2) is 0 Å². The van der Waals surface area contributed by atoms with E-state index < -0.39 is 73.3 Å². The van der Waals surface area contributed by atoms with E-state index in [2.05, 4.69) is 5.32 Å². The fraction of sp³-hybridized carbons (Fsp3) is 0.778. The van der Waals surface area contributed by atoms with Gasteiger partial charge >= 0.3 is 24.0 Å². The number of carboxylic acids is 3. The molecule has 3 atom stereocenters. The number of hydrogen-bond donors (Lipinski definition) is 4. The van der Waals surface area contributed by atoms with Gasteiger partial charge in [0.15, 0.2) is 18.3 Å². The number of hydrogen-bond acceptors (Lipinski definition) is 8. The number of carboxylic acid groups (broad SMARTS) is 3. The second kappa shape index (κ2) is 11.7. The van der Waals surface area contributed by atoms with E-state index >= 15 is 0 Å². The van der Waals surface area contributed by atoms with Gasteiger partial charge in [0.05, 0.1) is 19.8 Å². The van der Waals surface area contributed by atoms with Crippen LogP contribution in [0.2, 0.25) is 0 Å². The minimum Gasteiger partial charge on any atom is -0.479 e. The average molecular weight is 437 g/mol. The molecule has 3 unspecified atom stereocenters. The molecule has 0 saturated heterocycles. The maximum atomic E-state index is 12.4. The number of alkyl carbamates (subject to hydrolysis) is 1. The highest BCUT2D eigenvalue weighted by Crippen LogP contribution is 2.15. The van der Waals surface area contributed by atoms with Crippen molar-refractivity contribution in [3.05, 3.63) is 0 Å². The van der Waals surface area contributed by atoms with Crippen molar-refractivity contribution < 1.29 is 53.4 Å². The van der Waals surface area contributed by atoms with Gasteiger partial charge in [-0.1, -0.05) is 0 Å². The Kier molecular flexibility index (Phi) is 10.7.